The number of rotatable bonds is 3. The SMILES string of the molecule is O=Cc1ccc(-c2ccc3c(c2)COC2(CCN(C4CCC4)CC2)O3)cc1F. The maximum absolute atomic E-state index is 13.9. The van der Waals surface area contributed by atoms with E-state index in [4.69, 9.17) is 9.47 Å². The minimum absolute atomic E-state index is 0.0727. The molecule has 0 N–H and O–H groups in total. The van der Waals surface area contributed by atoms with Gasteiger partial charge in [0, 0.05) is 37.5 Å². The molecule has 2 heterocycles. The van der Waals surface area contributed by atoms with E-state index in [2.05, 4.69) is 4.90 Å². The average molecular weight is 381 g/mol. The largest absolute Gasteiger partial charge is 0.462 e. The second-order valence-electron chi connectivity index (χ2n) is 8.10. The molecule has 1 spiro atoms. The number of hydrogen-bond donors (Lipinski definition) is 0. The van der Waals surface area contributed by atoms with Crippen molar-refractivity contribution in [1.82, 2.24) is 4.90 Å². The fourth-order valence-corrected chi connectivity index (χ4v) is 4.44. The topological polar surface area (TPSA) is 38.8 Å². The molecule has 0 aromatic heterocycles. The van der Waals surface area contributed by atoms with Crippen molar-refractivity contribution in [3.63, 3.8) is 0 Å². The third-order valence-corrected chi connectivity index (χ3v) is 6.46. The van der Waals surface area contributed by atoms with Crippen LogP contribution in [0.15, 0.2) is 36.4 Å². The molecule has 28 heavy (non-hydrogen) atoms. The summed E-state index contributed by atoms with van der Waals surface area (Å²) in [5, 5.41) is 0. The highest BCUT2D eigenvalue weighted by molar-refractivity contribution is 5.77. The maximum Gasteiger partial charge on any atom is 0.213 e. The van der Waals surface area contributed by atoms with E-state index in [1.807, 2.05) is 18.2 Å². The lowest BCUT2D eigenvalue weighted by Crippen LogP contribution is -2.54. The van der Waals surface area contributed by atoms with Gasteiger partial charge in [0.15, 0.2) is 6.29 Å². The van der Waals surface area contributed by atoms with Crippen LogP contribution < -0.4 is 4.74 Å². The Bertz CT molecular complexity index is 901. The first kappa shape index (κ1) is 17.8. The van der Waals surface area contributed by atoms with Crippen molar-refractivity contribution in [2.75, 3.05) is 13.1 Å². The second-order valence-corrected chi connectivity index (χ2v) is 8.10. The minimum Gasteiger partial charge on any atom is -0.462 e. The maximum atomic E-state index is 13.9. The molecule has 2 aliphatic heterocycles. The molecule has 1 saturated heterocycles. The molecular weight excluding hydrogens is 357 g/mol. The number of carbonyl (C=O) groups excluding carboxylic acids is 1. The lowest BCUT2D eigenvalue weighted by atomic mass is 9.89. The molecule has 0 radical (unpaired) electrons. The summed E-state index contributed by atoms with van der Waals surface area (Å²) in [5.41, 5.74) is 2.67. The summed E-state index contributed by atoms with van der Waals surface area (Å²) >= 11 is 0. The highest BCUT2D eigenvalue weighted by Gasteiger charge is 2.42. The molecule has 2 aromatic carbocycles. The minimum atomic E-state index is -0.507. The van der Waals surface area contributed by atoms with Crippen LogP contribution in [0.5, 0.6) is 5.75 Å². The molecule has 1 saturated carbocycles. The summed E-state index contributed by atoms with van der Waals surface area (Å²) in [6.45, 7) is 2.56. The van der Waals surface area contributed by atoms with Gasteiger partial charge < -0.3 is 9.47 Å². The number of nitrogens with zero attached hydrogens (tertiary/aromatic N) is 1. The Labute approximate surface area is 164 Å². The zero-order valence-electron chi connectivity index (χ0n) is 15.8. The van der Waals surface area contributed by atoms with Gasteiger partial charge in [-0.2, -0.15) is 0 Å². The Kier molecular flexibility index (Phi) is 4.44. The van der Waals surface area contributed by atoms with E-state index in [0.29, 0.717) is 12.9 Å². The van der Waals surface area contributed by atoms with Crippen LogP contribution >= 0.6 is 0 Å². The van der Waals surface area contributed by atoms with Gasteiger partial charge in [-0.3, -0.25) is 9.69 Å². The van der Waals surface area contributed by atoms with Gasteiger partial charge in [-0.1, -0.05) is 18.6 Å². The van der Waals surface area contributed by atoms with E-state index >= 15 is 0 Å². The van der Waals surface area contributed by atoms with E-state index in [0.717, 1.165) is 54.4 Å². The number of piperidine rings is 1. The van der Waals surface area contributed by atoms with Crippen molar-refractivity contribution in [1.29, 1.82) is 0 Å². The lowest BCUT2D eigenvalue weighted by molar-refractivity contribution is -0.231. The third kappa shape index (κ3) is 3.12. The molecule has 4 nitrogen and oxygen atoms in total. The van der Waals surface area contributed by atoms with Crippen molar-refractivity contribution < 1.29 is 18.7 Å². The van der Waals surface area contributed by atoms with Gasteiger partial charge in [0.1, 0.15) is 11.6 Å². The van der Waals surface area contributed by atoms with Gasteiger partial charge in [-0.05, 0) is 48.2 Å². The molecular formula is C23H24FNO3. The summed E-state index contributed by atoms with van der Waals surface area (Å²) in [5.74, 6) is -0.154. The highest BCUT2D eigenvalue weighted by Crippen LogP contribution is 2.40. The van der Waals surface area contributed by atoms with Crippen LogP contribution in [0.2, 0.25) is 0 Å². The average Bonchev–Trinajstić information content (AvgIpc) is 2.68. The molecule has 2 aromatic rings. The smallest absolute Gasteiger partial charge is 0.213 e. The summed E-state index contributed by atoms with van der Waals surface area (Å²) in [6, 6.07) is 11.3. The first-order chi connectivity index (χ1) is 13.7. The Morgan fingerprint density at radius 2 is 1.82 bits per heavy atom. The molecule has 1 aliphatic carbocycles. The van der Waals surface area contributed by atoms with Gasteiger partial charge in [-0.25, -0.2) is 4.39 Å². The van der Waals surface area contributed by atoms with E-state index in [-0.39, 0.29) is 5.56 Å². The standard InChI is InChI=1S/C23H24FNO3/c24-21-13-17(4-5-18(21)14-26)16-6-7-22-19(12-16)15-27-23(28-22)8-10-25(11-9-23)20-2-1-3-20/h4-7,12-14,20H,1-3,8-11,15H2. The summed E-state index contributed by atoms with van der Waals surface area (Å²) < 4.78 is 26.5. The van der Waals surface area contributed by atoms with Gasteiger partial charge >= 0.3 is 0 Å². The van der Waals surface area contributed by atoms with Crippen molar-refractivity contribution in [3.05, 3.63) is 53.3 Å². The number of benzene rings is 2. The zero-order chi connectivity index (χ0) is 19.1. The number of aldehydes is 1. The van der Waals surface area contributed by atoms with E-state index < -0.39 is 11.6 Å². The molecule has 0 atom stereocenters. The third-order valence-electron chi connectivity index (χ3n) is 6.46. The Morgan fingerprint density at radius 3 is 2.50 bits per heavy atom. The van der Waals surface area contributed by atoms with Crippen LogP contribution in [0.3, 0.4) is 0 Å². The summed E-state index contributed by atoms with van der Waals surface area (Å²) in [4.78, 5) is 13.4. The molecule has 0 amide bonds. The number of carbonyl (C=O) groups is 1. The van der Waals surface area contributed by atoms with E-state index in [9.17, 15) is 9.18 Å². The normalized spacial score (nSPS) is 21.6. The quantitative estimate of drug-likeness (QED) is 0.731. The Hall–Kier alpha value is -2.24. The van der Waals surface area contributed by atoms with Crippen LogP contribution in [-0.2, 0) is 11.3 Å². The Balaban J connectivity index is 1.32. The van der Waals surface area contributed by atoms with Crippen molar-refractivity contribution in [2.45, 2.75) is 50.5 Å². The number of likely N-dealkylation sites (tertiary alicyclic amines) is 1. The van der Waals surface area contributed by atoms with Crippen LogP contribution in [0, 0.1) is 5.82 Å². The van der Waals surface area contributed by atoms with Gasteiger partial charge in [0.25, 0.3) is 0 Å². The molecule has 3 aliphatic rings. The number of ether oxygens (including phenoxy) is 2. The highest BCUT2D eigenvalue weighted by atomic mass is 19.1. The molecule has 5 rings (SSSR count). The van der Waals surface area contributed by atoms with Crippen LogP contribution in [0.4, 0.5) is 4.39 Å². The van der Waals surface area contributed by atoms with Crippen molar-refractivity contribution in [2.24, 2.45) is 0 Å². The van der Waals surface area contributed by atoms with E-state index in [1.54, 1.807) is 6.07 Å². The Morgan fingerprint density at radius 1 is 1.07 bits per heavy atom. The molecule has 2 fully saturated rings. The number of hydrogen-bond acceptors (Lipinski definition) is 4. The molecule has 0 bridgehead atoms. The summed E-state index contributed by atoms with van der Waals surface area (Å²) in [6.07, 6.45) is 6.33. The van der Waals surface area contributed by atoms with Crippen molar-refractivity contribution in [3.8, 4) is 16.9 Å². The summed E-state index contributed by atoms with van der Waals surface area (Å²) in [7, 11) is 0. The fourth-order valence-electron chi connectivity index (χ4n) is 4.44. The number of halogens is 1. The zero-order valence-corrected chi connectivity index (χ0v) is 15.8. The molecule has 0 unspecified atom stereocenters. The van der Waals surface area contributed by atoms with Crippen LogP contribution in [0.1, 0.15) is 48.0 Å². The fraction of sp³-hybridized carbons (Fsp3) is 0.435. The van der Waals surface area contributed by atoms with Gasteiger partial charge in [0.05, 0.1) is 12.2 Å². The number of fused-ring (bicyclic) bond motifs is 1. The van der Waals surface area contributed by atoms with E-state index in [1.165, 1.54) is 31.4 Å². The van der Waals surface area contributed by atoms with Crippen molar-refractivity contribution >= 4 is 6.29 Å². The predicted octanol–water partition coefficient (Wildman–Crippen LogP) is 4.56. The monoisotopic (exact) mass is 381 g/mol. The lowest BCUT2D eigenvalue weighted by Gasteiger charge is -2.47. The van der Waals surface area contributed by atoms with Crippen LogP contribution in [0.25, 0.3) is 11.1 Å². The van der Waals surface area contributed by atoms with Gasteiger partial charge in [0.2, 0.25) is 5.79 Å². The van der Waals surface area contributed by atoms with Crippen LogP contribution in [-0.4, -0.2) is 36.1 Å². The first-order valence-corrected chi connectivity index (χ1v) is 10.1. The molecule has 5 heteroatoms. The second kappa shape index (κ2) is 6.98. The van der Waals surface area contributed by atoms with Gasteiger partial charge in [-0.15, -0.1) is 0 Å². The molecule has 146 valence electrons. The predicted molar refractivity (Wildman–Crippen MR) is 104 cm³/mol. The first-order valence-electron chi connectivity index (χ1n) is 10.1.